The number of amides is 1. The quantitative estimate of drug-likeness (QED) is 0.519. The van der Waals surface area contributed by atoms with E-state index in [0.29, 0.717) is 10.6 Å². The Morgan fingerprint density at radius 2 is 1.89 bits per heavy atom. The highest BCUT2D eigenvalue weighted by Crippen LogP contribution is 2.40. The first kappa shape index (κ1) is 19.9. The number of ether oxygens (including phenoxy) is 1. The standard InChI is InChI=1S/C22H23NO4S/c1-4-7-15-9-11-16(12-10-15)18-14(3)28-21(19(18)22(25)26-5-2)23-20(24)17-8-6-13-27-17/h6,8-13H,4-5,7H2,1-3H3,(H,23,24). The van der Waals surface area contributed by atoms with Crippen LogP contribution in [0.4, 0.5) is 5.00 Å². The molecule has 0 atom stereocenters. The van der Waals surface area contributed by atoms with Gasteiger partial charge in [-0.3, -0.25) is 4.79 Å². The molecular weight excluding hydrogens is 374 g/mol. The Balaban J connectivity index is 2.02. The third-order valence-electron chi connectivity index (χ3n) is 4.32. The Hall–Kier alpha value is -2.86. The van der Waals surface area contributed by atoms with Gasteiger partial charge in [-0.15, -0.1) is 11.3 Å². The van der Waals surface area contributed by atoms with Gasteiger partial charge < -0.3 is 14.5 Å². The fourth-order valence-electron chi connectivity index (χ4n) is 3.08. The Morgan fingerprint density at radius 1 is 1.14 bits per heavy atom. The first-order valence-electron chi connectivity index (χ1n) is 9.29. The summed E-state index contributed by atoms with van der Waals surface area (Å²) in [6.45, 7) is 6.10. The molecule has 0 aliphatic rings. The third-order valence-corrected chi connectivity index (χ3v) is 5.34. The van der Waals surface area contributed by atoms with Crippen LogP contribution in [0.3, 0.4) is 0 Å². The number of hydrogen-bond acceptors (Lipinski definition) is 5. The zero-order valence-electron chi connectivity index (χ0n) is 16.2. The molecular formula is C22H23NO4S. The molecule has 0 saturated carbocycles. The van der Waals surface area contributed by atoms with E-state index < -0.39 is 11.9 Å². The topological polar surface area (TPSA) is 68.5 Å². The molecule has 2 aromatic heterocycles. The summed E-state index contributed by atoms with van der Waals surface area (Å²) in [7, 11) is 0. The molecule has 0 aliphatic carbocycles. The van der Waals surface area contributed by atoms with Crippen LogP contribution in [0.25, 0.3) is 11.1 Å². The van der Waals surface area contributed by atoms with Gasteiger partial charge in [0.1, 0.15) is 10.6 Å². The summed E-state index contributed by atoms with van der Waals surface area (Å²) in [5, 5.41) is 3.26. The number of carbonyl (C=O) groups excluding carboxylic acids is 2. The van der Waals surface area contributed by atoms with Gasteiger partial charge in [-0.1, -0.05) is 37.6 Å². The average molecular weight is 397 g/mol. The molecule has 146 valence electrons. The monoisotopic (exact) mass is 397 g/mol. The number of carbonyl (C=O) groups is 2. The zero-order valence-corrected chi connectivity index (χ0v) is 17.0. The van der Waals surface area contributed by atoms with E-state index in [2.05, 4.69) is 24.4 Å². The lowest BCUT2D eigenvalue weighted by molar-refractivity contribution is 0.0529. The summed E-state index contributed by atoms with van der Waals surface area (Å²) in [5.41, 5.74) is 3.35. The van der Waals surface area contributed by atoms with E-state index in [1.54, 1.807) is 19.1 Å². The normalized spacial score (nSPS) is 10.7. The van der Waals surface area contributed by atoms with Gasteiger partial charge in [0.25, 0.3) is 5.91 Å². The van der Waals surface area contributed by atoms with Gasteiger partial charge in [0, 0.05) is 10.4 Å². The number of rotatable bonds is 7. The van der Waals surface area contributed by atoms with Crippen molar-refractivity contribution in [3.05, 3.63) is 64.4 Å². The molecule has 3 rings (SSSR count). The van der Waals surface area contributed by atoms with E-state index in [1.165, 1.54) is 23.2 Å². The van der Waals surface area contributed by atoms with Crippen molar-refractivity contribution in [2.75, 3.05) is 11.9 Å². The SMILES string of the molecule is CCCc1ccc(-c2c(C)sc(NC(=O)c3ccco3)c2C(=O)OCC)cc1. The van der Waals surface area contributed by atoms with Gasteiger partial charge >= 0.3 is 5.97 Å². The molecule has 28 heavy (non-hydrogen) atoms. The van der Waals surface area contributed by atoms with Gasteiger partial charge in [-0.25, -0.2) is 4.79 Å². The number of hydrogen-bond donors (Lipinski definition) is 1. The molecule has 0 saturated heterocycles. The van der Waals surface area contributed by atoms with E-state index in [-0.39, 0.29) is 12.4 Å². The lowest BCUT2D eigenvalue weighted by Crippen LogP contribution is -2.14. The molecule has 6 heteroatoms. The Kier molecular flexibility index (Phi) is 6.31. The molecule has 0 unspecified atom stereocenters. The zero-order chi connectivity index (χ0) is 20.1. The maximum Gasteiger partial charge on any atom is 0.341 e. The van der Waals surface area contributed by atoms with E-state index in [1.807, 2.05) is 19.1 Å². The van der Waals surface area contributed by atoms with Crippen molar-refractivity contribution < 1.29 is 18.7 Å². The predicted octanol–water partition coefficient (Wildman–Crippen LogP) is 5.70. The molecule has 3 aromatic rings. The van der Waals surface area contributed by atoms with Crippen LogP contribution in [0.2, 0.25) is 0 Å². The average Bonchev–Trinajstić information content (AvgIpc) is 3.31. The summed E-state index contributed by atoms with van der Waals surface area (Å²) >= 11 is 1.36. The van der Waals surface area contributed by atoms with Crippen LogP contribution in [-0.4, -0.2) is 18.5 Å². The van der Waals surface area contributed by atoms with Crippen molar-refractivity contribution in [2.24, 2.45) is 0 Å². The van der Waals surface area contributed by atoms with Gasteiger partial charge in [-0.05, 0) is 43.5 Å². The van der Waals surface area contributed by atoms with E-state index >= 15 is 0 Å². The van der Waals surface area contributed by atoms with Crippen molar-refractivity contribution in [2.45, 2.75) is 33.6 Å². The Labute approximate surface area is 168 Å². The van der Waals surface area contributed by atoms with Gasteiger partial charge in [0.15, 0.2) is 5.76 Å². The predicted molar refractivity (Wildman–Crippen MR) is 111 cm³/mol. The molecule has 0 spiro atoms. The van der Waals surface area contributed by atoms with Crippen molar-refractivity contribution in [1.29, 1.82) is 0 Å². The van der Waals surface area contributed by atoms with E-state index in [9.17, 15) is 9.59 Å². The fourth-order valence-corrected chi connectivity index (χ4v) is 4.14. The van der Waals surface area contributed by atoms with Crippen molar-refractivity contribution in [1.82, 2.24) is 0 Å². The number of nitrogens with one attached hydrogen (secondary N) is 1. The fraction of sp³-hybridized carbons (Fsp3) is 0.273. The summed E-state index contributed by atoms with van der Waals surface area (Å²) < 4.78 is 10.4. The van der Waals surface area contributed by atoms with Crippen LogP contribution >= 0.6 is 11.3 Å². The van der Waals surface area contributed by atoms with Crippen LogP contribution < -0.4 is 5.32 Å². The van der Waals surface area contributed by atoms with Crippen molar-refractivity contribution in [3.63, 3.8) is 0 Å². The van der Waals surface area contributed by atoms with Gasteiger partial charge in [0.05, 0.1) is 12.9 Å². The molecule has 1 aromatic carbocycles. The van der Waals surface area contributed by atoms with Crippen LogP contribution in [-0.2, 0) is 11.2 Å². The van der Waals surface area contributed by atoms with Gasteiger partial charge in [-0.2, -0.15) is 0 Å². The van der Waals surface area contributed by atoms with Gasteiger partial charge in [0.2, 0.25) is 0 Å². The molecule has 0 radical (unpaired) electrons. The lowest BCUT2D eigenvalue weighted by atomic mass is 9.99. The molecule has 1 amide bonds. The summed E-state index contributed by atoms with van der Waals surface area (Å²) in [4.78, 5) is 26.1. The first-order valence-corrected chi connectivity index (χ1v) is 10.1. The molecule has 1 N–H and O–H groups in total. The molecule has 0 fully saturated rings. The van der Waals surface area contributed by atoms with Crippen LogP contribution in [0.5, 0.6) is 0 Å². The number of thiophene rings is 1. The second-order valence-corrected chi connectivity index (χ2v) is 7.56. The minimum atomic E-state index is -0.450. The highest BCUT2D eigenvalue weighted by molar-refractivity contribution is 7.17. The number of benzene rings is 1. The largest absolute Gasteiger partial charge is 0.462 e. The highest BCUT2D eigenvalue weighted by atomic mass is 32.1. The van der Waals surface area contributed by atoms with Crippen molar-refractivity contribution >= 4 is 28.2 Å². The van der Waals surface area contributed by atoms with Crippen LogP contribution in [0.1, 0.15) is 51.6 Å². The number of aryl methyl sites for hydroxylation is 2. The molecule has 2 heterocycles. The van der Waals surface area contributed by atoms with Crippen LogP contribution in [0.15, 0.2) is 47.1 Å². The summed E-state index contributed by atoms with van der Waals surface area (Å²) in [5.74, 6) is -0.665. The number of esters is 1. The van der Waals surface area contributed by atoms with Crippen molar-refractivity contribution in [3.8, 4) is 11.1 Å². The summed E-state index contributed by atoms with van der Waals surface area (Å²) in [6, 6.07) is 11.4. The second kappa shape index (κ2) is 8.89. The Morgan fingerprint density at radius 3 is 2.50 bits per heavy atom. The van der Waals surface area contributed by atoms with E-state index in [0.717, 1.165) is 28.8 Å². The third kappa shape index (κ3) is 4.17. The minimum absolute atomic E-state index is 0.186. The maximum atomic E-state index is 12.7. The summed E-state index contributed by atoms with van der Waals surface area (Å²) in [6.07, 6.45) is 3.52. The van der Waals surface area contributed by atoms with Crippen LogP contribution in [0, 0.1) is 6.92 Å². The first-order chi connectivity index (χ1) is 13.5. The Bertz CT molecular complexity index is 955. The smallest absolute Gasteiger partial charge is 0.341 e. The highest BCUT2D eigenvalue weighted by Gasteiger charge is 2.26. The second-order valence-electron chi connectivity index (χ2n) is 6.34. The lowest BCUT2D eigenvalue weighted by Gasteiger charge is -2.09. The maximum absolute atomic E-state index is 12.7. The number of anilines is 1. The number of furan rings is 1. The van der Waals surface area contributed by atoms with E-state index in [4.69, 9.17) is 9.15 Å². The molecule has 5 nitrogen and oxygen atoms in total. The molecule has 0 aliphatic heterocycles. The molecule has 0 bridgehead atoms. The minimum Gasteiger partial charge on any atom is -0.462 e.